The van der Waals surface area contributed by atoms with Crippen molar-refractivity contribution in [3.63, 3.8) is 0 Å². The van der Waals surface area contributed by atoms with Gasteiger partial charge in [-0.3, -0.25) is 4.79 Å². The molecule has 1 saturated carbocycles. The van der Waals surface area contributed by atoms with Crippen molar-refractivity contribution in [1.29, 1.82) is 0 Å². The highest BCUT2D eigenvalue weighted by Gasteiger charge is 2.43. The van der Waals surface area contributed by atoms with Crippen molar-refractivity contribution in [2.75, 3.05) is 12.8 Å². The predicted molar refractivity (Wildman–Crippen MR) is 90.3 cm³/mol. The molecule has 1 aromatic carbocycles. The number of nitrogens with one attached hydrogen (secondary N) is 1. The van der Waals surface area contributed by atoms with Crippen LogP contribution in [0.25, 0.3) is 0 Å². The maximum absolute atomic E-state index is 12.3. The van der Waals surface area contributed by atoms with E-state index in [1.165, 1.54) is 5.56 Å². The Morgan fingerprint density at radius 3 is 2.73 bits per heavy atom. The first-order chi connectivity index (χ1) is 10.6. The monoisotopic (exact) mass is 318 g/mol. The molecule has 5 heteroatoms. The van der Waals surface area contributed by atoms with E-state index in [0.29, 0.717) is 6.54 Å². The summed E-state index contributed by atoms with van der Waals surface area (Å²) in [6.07, 6.45) is 5.82. The van der Waals surface area contributed by atoms with Crippen LogP contribution >= 0.6 is 11.8 Å². The lowest BCUT2D eigenvalue weighted by Gasteiger charge is -2.38. The van der Waals surface area contributed by atoms with Crippen molar-refractivity contribution in [2.24, 2.45) is 5.16 Å². The Kier molecular flexibility index (Phi) is 4.43. The van der Waals surface area contributed by atoms with Gasteiger partial charge in [0.2, 0.25) is 5.91 Å². The van der Waals surface area contributed by atoms with Gasteiger partial charge in [-0.05, 0) is 38.0 Å². The standard InChI is InChI=1S/C17H22N2O2S/c1-12-4-6-13(7-5-12)15-10-14(21-19-15)11-18-16(20)17(22-2)8-3-9-17/h4-7,14H,3,8-11H2,1-2H3,(H,18,20)/t14-/m0/s1. The summed E-state index contributed by atoms with van der Waals surface area (Å²) >= 11 is 1.67. The van der Waals surface area contributed by atoms with Gasteiger partial charge in [-0.15, -0.1) is 11.8 Å². The molecule has 1 aliphatic carbocycles. The van der Waals surface area contributed by atoms with Gasteiger partial charge < -0.3 is 10.2 Å². The minimum Gasteiger partial charge on any atom is -0.390 e. The second-order valence-electron chi connectivity index (χ2n) is 6.10. The third-order valence-corrected chi connectivity index (χ3v) is 5.95. The van der Waals surface area contributed by atoms with Gasteiger partial charge in [0.25, 0.3) is 0 Å². The minimum atomic E-state index is -0.195. The molecule has 1 fully saturated rings. The van der Waals surface area contributed by atoms with E-state index in [2.05, 4.69) is 41.7 Å². The first kappa shape index (κ1) is 15.4. The topological polar surface area (TPSA) is 50.7 Å². The molecular weight excluding hydrogens is 296 g/mol. The van der Waals surface area contributed by atoms with Gasteiger partial charge in [0.15, 0.2) is 0 Å². The molecule has 1 amide bonds. The fourth-order valence-electron chi connectivity index (χ4n) is 2.84. The Bertz CT molecular complexity index is 573. The molecule has 1 atom stereocenters. The molecule has 0 saturated heterocycles. The van der Waals surface area contributed by atoms with Crippen LogP contribution in [0.15, 0.2) is 29.4 Å². The highest BCUT2D eigenvalue weighted by molar-refractivity contribution is 8.00. The number of amides is 1. The number of benzene rings is 1. The van der Waals surface area contributed by atoms with Gasteiger partial charge in [0.1, 0.15) is 6.10 Å². The number of carbonyl (C=O) groups is 1. The molecule has 2 aliphatic rings. The van der Waals surface area contributed by atoms with Crippen LogP contribution in [0.5, 0.6) is 0 Å². The zero-order valence-corrected chi connectivity index (χ0v) is 13.9. The Morgan fingerprint density at radius 1 is 1.41 bits per heavy atom. The van der Waals surface area contributed by atoms with E-state index in [4.69, 9.17) is 4.84 Å². The fraction of sp³-hybridized carbons (Fsp3) is 0.529. The number of oxime groups is 1. The van der Waals surface area contributed by atoms with Gasteiger partial charge in [0, 0.05) is 6.42 Å². The van der Waals surface area contributed by atoms with E-state index in [1.54, 1.807) is 11.8 Å². The molecule has 0 unspecified atom stereocenters. The molecule has 0 bridgehead atoms. The summed E-state index contributed by atoms with van der Waals surface area (Å²) in [5, 5.41) is 7.21. The van der Waals surface area contributed by atoms with Gasteiger partial charge in [-0.1, -0.05) is 35.0 Å². The van der Waals surface area contributed by atoms with Gasteiger partial charge >= 0.3 is 0 Å². The van der Waals surface area contributed by atoms with Crippen LogP contribution in [-0.2, 0) is 9.63 Å². The molecule has 1 aliphatic heterocycles. The molecule has 118 valence electrons. The van der Waals surface area contributed by atoms with Crippen LogP contribution < -0.4 is 5.32 Å². The average molecular weight is 318 g/mol. The first-order valence-corrected chi connectivity index (χ1v) is 8.99. The lowest BCUT2D eigenvalue weighted by Crippen LogP contribution is -2.50. The largest absolute Gasteiger partial charge is 0.390 e. The molecule has 0 aromatic heterocycles. The summed E-state index contributed by atoms with van der Waals surface area (Å²) in [5.74, 6) is 0.152. The lowest BCUT2D eigenvalue weighted by molar-refractivity contribution is -0.126. The number of hydrogen-bond acceptors (Lipinski definition) is 4. The average Bonchev–Trinajstić information content (AvgIpc) is 2.94. The number of nitrogens with zero attached hydrogens (tertiary/aromatic N) is 1. The molecule has 0 radical (unpaired) electrons. The van der Waals surface area contributed by atoms with Crippen molar-refractivity contribution in [2.45, 2.75) is 43.5 Å². The van der Waals surface area contributed by atoms with E-state index < -0.39 is 0 Å². The highest BCUT2D eigenvalue weighted by atomic mass is 32.2. The quantitative estimate of drug-likeness (QED) is 0.908. The molecule has 1 aromatic rings. The first-order valence-electron chi connectivity index (χ1n) is 7.76. The molecule has 22 heavy (non-hydrogen) atoms. The molecule has 0 spiro atoms. The normalized spacial score (nSPS) is 22.5. The van der Waals surface area contributed by atoms with Crippen LogP contribution in [0, 0.1) is 6.92 Å². The Labute approximate surface area is 135 Å². The minimum absolute atomic E-state index is 0.0563. The number of hydrogen-bond donors (Lipinski definition) is 1. The number of rotatable bonds is 5. The van der Waals surface area contributed by atoms with Crippen LogP contribution in [-0.4, -0.2) is 35.3 Å². The zero-order valence-electron chi connectivity index (χ0n) is 13.1. The molecule has 1 heterocycles. The van der Waals surface area contributed by atoms with E-state index in [9.17, 15) is 4.79 Å². The maximum Gasteiger partial charge on any atom is 0.236 e. The van der Waals surface area contributed by atoms with Gasteiger partial charge in [-0.2, -0.15) is 0 Å². The summed E-state index contributed by atoms with van der Waals surface area (Å²) in [6, 6.07) is 8.28. The summed E-state index contributed by atoms with van der Waals surface area (Å²) in [5.41, 5.74) is 3.29. The number of thioether (sulfide) groups is 1. The zero-order chi connectivity index (χ0) is 15.6. The summed E-state index contributed by atoms with van der Waals surface area (Å²) in [7, 11) is 0. The second kappa shape index (κ2) is 6.32. The Morgan fingerprint density at radius 2 is 2.14 bits per heavy atom. The van der Waals surface area contributed by atoms with E-state index in [0.717, 1.165) is 37.0 Å². The fourth-order valence-corrected chi connectivity index (χ4v) is 3.80. The molecule has 3 rings (SSSR count). The summed E-state index contributed by atoms with van der Waals surface area (Å²) < 4.78 is -0.195. The molecule has 1 N–H and O–H groups in total. The molecular formula is C17H22N2O2S. The van der Waals surface area contributed by atoms with Crippen LogP contribution in [0.3, 0.4) is 0 Å². The molecule has 4 nitrogen and oxygen atoms in total. The predicted octanol–water partition coefficient (Wildman–Crippen LogP) is 2.89. The van der Waals surface area contributed by atoms with Crippen molar-refractivity contribution >= 4 is 23.4 Å². The lowest BCUT2D eigenvalue weighted by atomic mass is 9.83. The Hall–Kier alpha value is -1.49. The van der Waals surface area contributed by atoms with Crippen LogP contribution in [0.2, 0.25) is 0 Å². The Balaban J connectivity index is 1.50. The van der Waals surface area contributed by atoms with Gasteiger partial charge in [-0.25, -0.2) is 0 Å². The van der Waals surface area contributed by atoms with E-state index in [1.807, 2.05) is 6.26 Å². The van der Waals surface area contributed by atoms with Crippen molar-refractivity contribution < 1.29 is 9.63 Å². The van der Waals surface area contributed by atoms with Crippen molar-refractivity contribution in [1.82, 2.24) is 5.32 Å². The van der Waals surface area contributed by atoms with Crippen molar-refractivity contribution in [3.8, 4) is 0 Å². The smallest absolute Gasteiger partial charge is 0.236 e. The van der Waals surface area contributed by atoms with E-state index in [-0.39, 0.29) is 16.8 Å². The van der Waals surface area contributed by atoms with Crippen LogP contribution in [0.4, 0.5) is 0 Å². The van der Waals surface area contributed by atoms with Crippen LogP contribution in [0.1, 0.15) is 36.8 Å². The van der Waals surface area contributed by atoms with E-state index >= 15 is 0 Å². The number of carbonyl (C=O) groups excluding carboxylic acids is 1. The van der Waals surface area contributed by atoms with Gasteiger partial charge in [0.05, 0.1) is 17.0 Å². The summed E-state index contributed by atoms with van der Waals surface area (Å²) in [4.78, 5) is 17.8. The third-order valence-electron chi connectivity index (χ3n) is 4.57. The SMILES string of the molecule is CSC1(C(=O)NC[C@@H]2CC(c3ccc(C)cc3)=NO2)CCC1. The number of aryl methyl sites for hydroxylation is 1. The summed E-state index contributed by atoms with van der Waals surface area (Å²) in [6.45, 7) is 2.59. The highest BCUT2D eigenvalue weighted by Crippen LogP contribution is 2.42. The second-order valence-corrected chi connectivity index (χ2v) is 7.29. The maximum atomic E-state index is 12.3. The van der Waals surface area contributed by atoms with Crippen molar-refractivity contribution in [3.05, 3.63) is 35.4 Å². The third kappa shape index (κ3) is 3.00.